The summed E-state index contributed by atoms with van der Waals surface area (Å²) in [5, 5.41) is 3.62. The first kappa shape index (κ1) is 16.5. The van der Waals surface area contributed by atoms with Gasteiger partial charge in [-0.15, -0.1) is 0 Å². The van der Waals surface area contributed by atoms with Crippen molar-refractivity contribution in [3.63, 3.8) is 0 Å². The number of rotatable bonds is 5. The average molecular weight is 374 g/mol. The molecule has 1 saturated heterocycles. The first-order chi connectivity index (χ1) is 11.2. The van der Waals surface area contributed by atoms with Gasteiger partial charge < -0.3 is 10.1 Å². The Balaban J connectivity index is 1.67. The van der Waals surface area contributed by atoms with Gasteiger partial charge in [-0.2, -0.15) is 0 Å². The highest BCUT2D eigenvalue weighted by Gasteiger charge is 2.15. The van der Waals surface area contributed by atoms with Crippen LogP contribution in [-0.2, 0) is 13.0 Å². The maximum Gasteiger partial charge on any atom is 0.136 e. The molecule has 2 nitrogen and oxygen atoms in total. The smallest absolute Gasteiger partial charge is 0.136 e. The predicted molar refractivity (Wildman–Crippen MR) is 99.0 cm³/mol. The molecular weight excluding hydrogens is 350 g/mol. The largest absolute Gasteiger partial charge is 0.487 e. The van der Waals surface area contributed by atoms with E-state index in [0.717, 1.165) is 23.2 Å². The molecule has 0 bridgehead atoms. The van der Waals surface area contributed by atoms with Gasteiger partial charge in [-0.25, -0.2) is 0 Å². The number of hydrogen-bond donors (Lipinski definition) is 1. The molecule has 1 unspecified atom stereocenters. The van der Waals surface area contributed by atoms with Crippen molar-refractivity contribution in [1.29, 1.82) is 0 Å². The lowest BCUT2D eigenvalue weighted by molar-refractivity contribution is 0.302. The van der Waals surface area contributed by atoms with Crippen LogP contribution in [0, 0.1) is 6.92 Å². The molecule has 122 valence electrons. The van der Waals surface area contributed by atoms with Crippen LogP contribution in [-0.4, -0.2) is 12.6 Å². The van der Waals surface area contributed by atoms with Crippen molar-refractivity contribution in [3.8, 4) is 5.75 Å². The standard InChI is InChI=1S/C20H24BrNO/c1-15-11-17(12-18-9-5-6-10-22-18)13-19(21)20(15)23-14-16-7-3-2-4-8-16/h2-4,7-8,11,13,18,22H,5-6,9-10,12,14H2,1H3. The first-order valence-corrected chi connectivity index (χ1v) is 9.21. The maximum absolute atomic E-state index is 6.04. The van der Waals surface area contributed by atoms with Crippen molar-refractivity contribution >= 4 is 15.9 Å². The minimum absolute atomic E-state index is 0.601. The van der Waals surface area contributed by atoms with E-state index in [0.29, 0.717) is 12.6 Å². The number of hydrogen-bond acceptors (Lipinski definition) is 2. The zero-order valence-electron chi connectivity index (χ0n) is 13.6. The van der Waals surface area contributed by atoms with Gasteiger partial charge in [0.2, 0.25) is 0 Å². The molecule has 3 rings (SSSR count). The minimum atomic E-state index is 0.601. The van der Waals surface area contributed by atoms with E-state index in [1.165, 1.54) is 36.0 Å². The van der Waals surface area contributed by atoms with Gasteiger partial charge in [0.15, 0.2) is 0 Å². The highest BCUT2D eigenvalue weighted by Crippen LogP contribution is 2.32. The van der Waals surface area contributed by atoms with E-state index < -0.39 is 0 Å². The van der Waals surface area contributed by atoms with Gasteiger partial charge in [-0.05, 0) is 71.4 Å². The van der Waals surface area contributed by atoms with Crippen LogP contribution >= 0.6 is 15.9 Å². The quantitative estimate of drug-likeness (QED) is 0.793. The van der Waals surface area contributed by atoms with Crippen LogP contribution in [0.5, 0.6) is 5.75 Å². The van der Waals surface area contributed by atoms with Crippen molar-refractivity contribution < 1.29 is 4.74 Å². The van der Waals surface area contributed by atoms with Crippen molar-refractivity contribution in [2.24, 2.45) is 0 Å². The lowest BCUT2D eigenvalue weighted by atomic mass is 9.97. The summed E-state index contributed by atoms with van der Waals surface area (Å²) in [7, 11) is 0. The van der Waals surface area contributed by atoms with Gasteiger partial charge in [0.1, 0.15) is 12.4 Å². The Bertz CT molecular complexity index is 612. The maximum atomic E-state index is 6.04. The number of aryl methyl sites for hydroxylation is 1. The summed E-state index contributed by atoms with van der Waals surface area (Å²) in [5.74, 6) is 0.953. The van der Waals surface area contributed by atoms with Crippen molar-refractivity contribution in [3.05, 3.63) is 63.6 Å². The Kier molecular flexibility index (Phi) is 5.74. The Hall–Kier alpha value is -1.32. The molecule has 0 aliphatic carbocycles. The van der Waals surface area contributed by atoms with Crippen LogP contribution in [0.3, 0.4) is 0 Å². The van der Waals surface area contributed by atoms with Gasteiger partial charge in [0.05, 0.1) is 4.47 Å². The molecule has 1 aliphatic rings. The highest BCUT2D eigenvalue weighted by molar-refractivity contribution is 9.10. The van der Waals surface area contributed by atoms with Crippen LogP contribution in [0.15, 0.2) is 46.9 Å². The summed E-state index contributed by atoms with van der Waals surface area (Å²) >= 11 is 3.69. The van der Waals surface area contributed by atoms with E-state index in [9.17, 15) is 0 Å². The zero-order chi connectivity index (χ0) is 16.1. The molecule has 1 heterocycles. The molecule has 2 aromatic rings. The number of ether oxygens (including phenoxy) is 1. The zero-order valence-corrected chi connectivity index (χ0v) is 15.2. The lowest BCUT2D eigenvalue weighted by Crippen LogP contribution is -2.35. The molecule has 1 atom stereocenters. The number of nitrogens with one attached hydrogen (secondary N) is 1. The van der Waals surface area contributed by atoms with E-state index in [-0.39, 0.29) is 0 Å². The molecule has 0 saturated carbocycles. The molecule has 1 N–H and O–H groups in total. The Labute approximate surface area is 147 Å². The monoisotopic (exact) mass is 373 g/mol. The molecule has 23 heavy (non-hydrogen) atoms. The third-order valence-electron chi connectivity index (χ3n) is 4.41. The fraction of sp³-hybridized carbons (Fsp3) is 0.400. The molecule has 0 amide bonds. The lowest BCUT2D eigenvalue weighted by Gasteiger charge is -2.24. The second kappa shape index (κ2) is 7.98. The van der Waals surface area contributed by atoms with E-state index >= 15 is 0 Å². The van der Waals surface area contributed by atoms with Gasteiger partial charge >= 0.3 is 0 Å². The highest BCUT2D eigenvalue weighted by atomic mass is 79.9. The van der Waals surface area contributed by atoms with Gasteiger partial charge in [-0.1, -0.05) is 42.8 Å². The van der Waals surface area contributed by atoms with Gasteiger partial charge in [-0.3, -0.25) is 0 Å². The number of benzene rings is 2. The summed E-state index contributed by atoms with van der Waals surface area (Å²) in [4.78, 5) is 0. The molecular formula is C20H24BrNO. The van der Waals surface area contributed by atoms with Crippen LogP contribution < -0.4 is 10.1 Å². The summed E-state index contributed by atoms with van der Waals surface area (Å²) in [6, 6.07) is 15.4. The van der Waals surface area contributed by atoms with E-state index in [1.54, 1.807) is 0 Å². The van der Waals surface area contributed by atoms with E-state index in [2.05, 4.69) is 52.4 Å². The van der Waals surface area contributed by atoms with Gasteiger partial charge in [0, 0.05) is 6.04 Å². The second-order valence-corrected chi connectivity index (χ2v) is 7.20. The molecule has 3 heteroatoms. The van der Waals surface area contributed by atoms with Crippen LogP contribution in [0.1, 0.15) is 36.0 Å². The normalized spacial score (nSPS) is 17.9. The molecule has 2 aromatic carbocycles. The second-order valence-electron chi connectivity index (χ2n) is 6.35. The summed E-state index contributed by atoms with van der Waals surface area (Å²) < 4.78 is 7.09. The number of piperidine rings is 1. The topological polar surface area (TPSA) is 21.3 Å². The van der Waals surface area contributed by atoms with Crippen LogP contribution in [0.4, 0.5) is 0 Å². The van der Waals surface area contributed by atoms with Crippen molar-refractivity contribution in [2.75, 3.05) is 6.54 Å². The Morgan fingerprint density at radius 1 is 1.13 bits per heavy atom. The minimum Gasteiger partial charge on any atom is -0.487 e. The third kappa shape index (κ3) is 4.58. The molecule has 1 fully saturated rings. The summed E-state index contributed by atoms with van der Waals surface area (Å²) in [6.07, 6.45) is 5.03. The fourth-order valence-corrected chi connectivity index (χ4v) is 3.94. The van der Waals surface area contributed by atoms with Crippen LogP contribution in [0.2, 0.25) is 0 Å². The summed E-state index contributed by atoms with van der Waals surface area (Å²) in [6.45, 7) is 3.88. The molecule has 0 aromatic heterocycles. The summed E-state index contributed by atoms with van der Waals surface area (Å²) in [5.41, 5.74) is 3.76. The van der Waals surface area contributed by atoms with Crippen molar-refractivity contribution in [1.82, 2.24) is 5.32 Å². The molecule has 0 radical (unpaired) electrons. The van der Waals surface area contributed by atoms with Gasteiger partial charge in [0.25, 0.3) is 0 Å². The fourth-order valence-electron chi connectivity index (χ4n) is 3.22. The van der Waals surface area contributed by atoms with E-state index in [4.69, 9.17) is 4.74 Å². The third-order valence-corrected chi connectivity index (χ3v) is 5.00. The van der Waals surface area contributed by atoms with E-state index in [1.807, 2.05) is 18.2 Å². The molecule has 0 spiro atoms. The Morgan fingerprint density at radius 2 is 1.96 bits per heavy atom. The first-order valence-electron chi connectivity index (χ1n) is 8.41. The molecule has 1 aliphatic heterocycles. The van der Waals surface area contributed by atoms with Crippen molar-refractivity contribution in [2.45, 2.75) is 45.3 Å². The predicted octanol–water partition coefficient (Wildman–Crippen LogP) is 5.02. The Morgan fingerprint density at radius 3 is 2.65 bits per heavy atom. The van der Waals surface area contributed by atoms with Crippen LogP contribution in [0.25, 0.3) is 0 Å². The SMILES string of the molecule is Cc1cc(CC2CCCCN2)cc(Br)c1OCc1ccccc1. The number of halogens is 1. The average Bonchev–Trinajstić information content (AvgIpc) is 2.56.